The van der Waals surface area contributed by atoms with Gasteiger partial charge in [0, 0.05) is 32.9 Å². The van der Waals surface area contributed by atoms with E-state index in [4.69, 9.17) is 14.2 Å². The number of amides is 1. The maximum atomic E-state index is 11.7. The Kier molecular flexibility index (Phi) is 6.99. The van der Waals surface area contributed by atoms with Crippen molar-refractivity contribution in [2.75, 3.05) is 20.5 Å². The normalized spacial score (nSPS) is 12.0. The quantitative estimate of drug-likeness (QED) is 0.705. The van der Waals surface area contributed by atoms with Crippen LogP contribution in [0.2, 0.25) is 0 Å². The van der Waals surface area contributed by atoms with Crippen LogP contribution in [0.15, 0.2) is 36.8 Å². The van der Waals surface area contributed by atoms with Crippen molar-refractivity contribution in [3.8, 4) is 5.75 Å². The van der Waals surface area contributed by atoms with E-state index in [0.29, 0.717) is 22.6 Å². The average molecular weight is 365 g/mol. The maximum absolute atomic E-state index is 11.7. The van der Waals surface area contributed by atoms with E-state index in [0.717, 1.165) is 0 Å². The number of methoxy groups -OCH3 is 2. The second kappa shape index (κ2) is 9.21. The molecule has 8 nitrogen and oxygen atoms in total. The lowest BCUT2D eigenvalue weighted by molar-refractivity contribution is -0.107. The Hall–Kier alpha value is -2.36. The third-order valence-electron chi connectivity index (χ3n) is 3.20. The highest BCUT2D eigenvalue weighted by Crippen LogP contribution is 2.27. The van der Waals surface area contributed by atoms with E-state index in [1.807, 2.05) is 0 Å². The Morgan fingerprint density at radius 2 is 2.00 bits per heavy atom. The zero-order valence-electron chi connectivity index (χ0n) is 14.1. The van der Waals surface area contributed by atoms with Crippen molar-refractivity contribution in [2.24, 2.45) is 0 Å². The molecule has 1 atom stereocenters. The highest BCUT2D eigenvalue weighted by Gasteiger charge is 2.15. The molecular formula is C16H19N3O5S. The van der Waals surface area contributed by atoms with Crippen LogP contribution in [0.5, 0.6) is 5.75 Å². The van der Waals surface area contributed by atoms with Crippen molar-refractivity contribution in [3.63, 3.8) is 0 Å². The van der Waals surface area contributed by atoms with Gasteiger partial charge >= 0.3 is 0 Å². The van der Waals surface area contributed by atoms with Crippen LogP contribution in [0.4, 0.5) is 0 Å². The van der Waals surface area contributed by atoms with Crippen LogP contribution in [0.3, 0.4) is 0 Å². The Morgan fingerprint density at radius 3 is 2.60 bits per heavy atom. The lowest BCUT2D eigenvalue weighted by Gasteiger charge is -2.17. The molecule has 2 rings (SSSR count). The van der Waals surface area contributed by atoms with E-state index in [2.05, 4.69) is 14.7 Å². The number of rotatable bonds is 8. The number of nitrogens with zero attached hydrogens (tertiary/aromatic N) is 2. The van der Waals surface area contributed by atoms with Crippen LogP contribution < -0.4 is 9.46 Å². The van der Waals surface area contributed by atoms with Crippen molar-refractivity contribution >= 4 is 16.9 Å². The van der Waals surface area contributed by atoms with Gasteiger partial charge in [0.25, 0.3) is 5.91 Å². The highest BCUT2D eigenvalue weighted by atomic mass is 32.2. The van der Waals surface area contributed by atoms with Crippen LogP contribution >= 0.6 is 0 Å². The summed E-state index contributed by atoms with van der Waals surface area (Å²) in [6.07, 6.45) is 5.41. The van der Waals surface area contributed by atoms with Gasteiger partial charge in [-0.3, -0.25) is 19.5 Å². The van der Waals surface area contributed by atoms with Crippen molar-refractivity contribution in [1.29, 1.82) is 0 Å². The smallest absolute Gasteiger partial charge is 0.264 e. The van der Waals surface area contributed by atoms with Gasteiger partial charge in [-0.05, 0) is 18.2 Å². The minimum absolute atomic E-state index is 0.181. The lowest BCUT2D eigenvalue weighted by atomic mass is 10.2. The van der Waals surface area contributed by atoms with E-state index in [9.17, 15) is 9.00 Å². The zero-order valence-corrected chi connectivity index (χ0v) is 14.9. The van der Waals surface area contributed by atoms with Gasteiger partial charge in [0.05, 0.1) is 23.0 Å². The monoisotopic (exact) mass is 365 g/mol. The minimum atomic E-state index is -1.42. The molecule has 0 aliphatic carbocycles. The van der Waals surface area contributed by atoms with Gasteiger partial charge in [0.2, 0.25) is 0 Å². The molecule has 25 heavy (non-hydrogen) atoms. The van der Waals surface area contributed by atoms with Crippen LogP contribution in [0.25, 0.3) is 0 Å². The molecule has 0 spiro atoms. The number of ether oxygens (including phenoxy) is 3. The number of hydrogen-bond acceptors (Lipinski definition) is 7. The van der Waals surface area contributed by atoms with E-state index < -0.39 is 23.2 Å². The molecule has 1 unspecified atom stereocenters. The van der Waals surface area contributed by atoms with Crippen molar-refractivity contribution in [2.45, 2.75) is 12.9 Å². The largest absolute Gasteiger partial charge is 0.485 e. The molecular weight excluding hydrogens is 346 g/mol. The summed E-state index contributed by atoms with van der Waals surface area (Å²) in [5.74, 6) is 0.0691. The van der Waals surface area contributed by atoms with E-state index in [1.54, 1.807) is 30.6 Å². The molecule has 0 aromatic carbocycles. The summed E-state index contributed by atoms with van der Waals surface area (Å²) in [6.45, 7) is 0.181. The molecule has 0 aliphatic rings. The predicted molar refractivity (Wildman–Crippen MR) is 91.1 cm³/mol. The third-order valence-corrected chi connectivity index (χ3v) is 3.67. The van der Waals surface area contributed by atoms with Crippen molar-refractivity contribution in [3.05, 3.63) is 53.6 Å². The molecule has 0 saturated carbocycles. The fraction of sp³-hybridized carbons (Fsp3) is 0.312. The first-order valence-electron chi connectivity index (χ1n) is 7.26. The van der Waals surface area contributed by atoms with Gasteiger partial charge in [-0.15, -0.1) is 0 Å². The first-order chi connectivity index (χ1) is 12.0. The lowest BCUT2D eigenvalue weighted by Crippen LogP contribution is -2.24. The van der Waals surface area contributed by atoms with Crippen molar-refractivity contribution in [1.82, 2.24) is 14.7 Å². The molecule has 2 aromatic heterocycles. The molecule has 2 heterocycles. The second-order valence-corrected chi connectivity index (χ2v) is 6.04. The number of nitrogens with one attached hydrogen (secondary N) is 1. The minimum Gasteiger partial charge on any atom is -0.485 e. The van der Waals surface area contributed by atoms with Gasteiger partial charge in [0.1, 0.15) is 23.3 Å². The van der Waals surface area contributed by atoms with Crippen LogP contribution in [0.1, 0.15) is 27.9 Å². The summed E-state index contributed by atoms with van der Waals surface area (Å²) >= 11 is 0. The van der Waals surface area contributed by atoms with Gasteiger partial charge < -0.3 is 14.2 Å². The number of carbonyl (C=O) groups is 1. The van der Waals surface area contributed by atoms with Gasteiger partial charge in [0.15, 0.2) is 6.29 Å². The molecule has 1 N–H and O–H groups in total. The Bertz CT molecular complexity index is 735. The summed E-state index contributed by atoms with van der Waals surface area (Å²) in [7, 11) is 1.65. The van der Waals surface area contributed by atoms with Gasteiger partial charge in [-0.2, -0.15) is 0 Å². The first-order valence-corrected chi connectivity index (χ1v) is 8.82. The first kappa shape index (κ1) is 19.0. The fourth-order valence-corrected chi connectivity index (χ4v) is 2.42. The molecule has 0 bridgehead atoms. The summed E-state index contributed by atoms with van der Waals surface area (Å²) in [5.41, 5.74) is 1.65. The molecule has 0 radical (unpaired) electrons. The Labute approximate surface area is 148 Å². The number of aromatic nitrogens is 2. The Balaban J connectivity index is 2.05. The number of carbonyl (C=O) groups excluding carboxylic acids is 1. The topological polar surface area (TPSA) is 99.6 Å². The molecule has 9 heteroatoms. The summed E-state index contributed by atoms with van der Waals surface area (Å²) < 4.78 is 29.5. The van der Waals surface area contributed by atoms with Crippen LogP contribution in [-0.2, 0) is 27.1 Å². The molecule has 0 saturated heterocycles. The SMILES string of the molecule is COC(OC)c1ccncc1OCc1ccc(C(=O)NS(C)=O)cn1. The third kappa shape index (κ3) is 5.31. The number of pyridine rings is 2. The second-order valence-electron chi connectivity index (χ2n) is 4.93. The average Bonchev–Trinajstić information content (AvgIpc) is 2.62. The summed E-state index contributed by atoms with van der Waals surface area (Å²) in [6, 6.07) is 5.00. The zero-order chi connectivity index (χ0) is 18.2. The maximum Gasteiger partial charge on any atom is 0.264 e. The number of hydrogen-bond donors (Lipinski definition) is 1. The predicted octanol–water partition coefficient (Wildman–Crippen LogP) is 1.37. The summed E-state index contributed by atoms with van der Waals surface area (Å²) in [4.78, 5) is 19.9. The van der Waals surface area contributed by atoms with E-state index in [1.165, 1.54) is 26.7 Å². The van der Waals surface area contributed by atoms with Crippen LogP contribution in [0, 0.1) is 0 Å². The van der Waals surface area contributed by atoms with Gasteiger partial charge in [-0.1, -0.05) is 0 Å². The van der Waals surface area contributed by atoms with E-state index in [-0.39, 0.29) is 6.61 Å². The highest BCUT2D eigenvalue weighted by molar-refractivity contribution is 7.82. The molecule has 134 valence electrons. The fourth-order valence-electron chi connectivity index (χ4n) is 2.04. The molecule has 2 aromatic rings. The molecule has 0 fully saturated rings. The standard InChI is InChI=1S/C16H19N3O5S/c1-22-16(23-2)13-6-7-17-9-14(13)24-10-12-5-4-11(8-18-12)15(20)19-25(3)21/h4-9,16H,10H2,1-3H3,(H,19,20). The van der Waals surface area contributed by atoms with Crippen molar-refractivity contribution < 1.29 is 23.2 Å². The molecule has 1 amide bonds. The van der Waals surface area contributed by atoms with E-state index >= 15 is 0 Å². The molecule has 0 aliphatic heterocycles. The van der Waals surface area contributed by atoms with Crippen LogP contribution in [-0.4, -0.2) is 40.6 Å². The van der Waals surface area contributed by atoms with Gasteiger partial charge in [-0.25, -0.2) is 4.21 Å². The summed E-state index contributed by atoms with van der Waals surface area (Å²) in [5, 5.41) is 0. The Morgan fingerprint density at radius 1 is 1.24 bits per heavy atom.